The van der Waals surface area contributed by atoms with Gasteiger partial charge in [0.1, 0.15) is 12.1 Å². The molecule has 122 valence electrons. The monoisotopic (exact) mass is 329 g/mol. The quantitative estimate of drug-likeness (QED) is 0.312. The highest BCUT2D eigenvalue weighted by atomic mass is 32.1. The first kappa shape index (κ1) is 18.0. The number of nitrogens with two attached hydrogens (primary N) is 1. The van der Waals surface area contributed by atoms with Crippen molar-refractivity contribution in [1.82, 2.24) is 20.6 Å². The van der Waals surface area contributed by atoms with Gasteiger partial charge in [0.15, 0.2) is 0 Å². The third kappa shape index (κ3) is 5.37. The first-order chi connectivity index (χ1) is 10.3. The van der Waals surface area contributed by atoms with E-state index in [0.29, 0.717) is 5.69 Å². The highest BCUT2D eigenvalue weighted by Gasteiger charge is 2.27. The van der Waals surface area contributed by atoms with E-state index in [1.165, 1.54) is 19.4 Å². The van der Waals surface area contributed by atoms with Gasteiger partial charge in [0.2, 0.25) is 11.8 Å². The molecule has 0 fully saturated rings. The largest absolute Gasteiger partial charge is 0.480 e. The zero-order chi connectivity index (χ0) is 16.7. The van der Waals surface area contributed by atoms with Gasteiger partial charge in [-0.1, -0.05) is 0 Å². The maximum atomic E-state index is 12.2. The number of H-pyrrole nitrogens is 1. The predicted octanol–water partition coefficient (Wildman–Crippen LogP) is -1.72. The molecule has 0 saturated heterocycles. The molecule has 10 heteroatoms. The third-order valence-corrected chi connectivity index (χ3v) is 3.19. The highest BCUT2D eigenvalue weighted by Crippen LogP contribution is 2.01. The number of carbonyl (C=O) groups is 3. The molecule has 0 spiro atoms. The normalized spacial score (nSPS) is 14.7. The summed E-state index contributed by atoms with van der Waals surface area (Å²) in [5, 5.41) is 13.7. The summed E-state index contributed by atoms with van der Waals surface area (Å²) in [5.74, 6) is -2.43. The number of aromatic nitrogens is 2. The fourth-order valence-corrected chi connectivity index (χ4v) is 1.83. The van der Waals surface area contributed by atoms with Crippen molar-refractivity contribution in [2.75, 3.05) is 5.75 Å². The SMILES string of the molecule is CC(N)C(=O)NC(Cc1cnc[nH]1)C(=O)NC(CS)C(=O)O. The van der Waals surface area contributed by atoms with E-state index in [0.717, 1.165) is 0 Å². The van der Waals surface area contributed by atoms with E-state index in [9.17, 15) is 14.4 Å². The van der Waals surface area contributed by atoms with Crippen LogP contribution in [0.4, 0.5) is 0 Å². The lowest BCUT2D eigenvalue weighted by Gasteiger charge is -2.21. The Morgan fingerprint density at radius 2 is 2.00 bits per heavy atom. The Balaban J connectivity index is 2.81. The summed E-state index contributed by atoms with van der Waals surface area (Å²) < 4.78 is 0. The first-order valence-corrected chi connectivity index (χ1v) is 7.15. The molecule has 1 aromatic rings. The highest BCUT2D eigenvalue weighted by molar-refractivity contribution is 7.80. The molecule has 0 aromatic carbocycles. The van der Waals surface area contributed by atoms with Crippen molar-refractivity contribution < 1.29 is 19.5 Å². The minimum absolute atomic E-state index is 0.0703. The van der Waals surface area contributed by atoms with Crippen LogP contribution in [0, 0.1) is 0 Å². The summed E-state index contributed by atoms with van der Waals surface area (Å²) in [6.07, 6.45) is 3.07. The second-order valence-corrected chi connectivity index (χ2v) is 5.08. The van der Waals surface area contributed by atoms with Crippen molar-refractivity contribution in [3.05, 3.63) is 18.2 Å². The van der Waals surface area contributed by atoms with Crippen LogP contribution in [0.2, 0.25) is 0 Å². The van der Waals surface area contributed by atoms with Crippen LogP contribution in [0.3, 0.4) is 0 Å². The van der Waals surface area contributed by atoms with Gasteiger partial charge in [0, 0.05) is 24.1 Å². The number of thiol groups is 1. The Bertz CT molecular complexity index is 520. The van der Waals surface area contributed by atoms with Crippen molar-refractivity contribution in [3.63, 3.8) is 0 Å². The number of hydrogen-bond acceptors (Lipinski definition) is 6. The molecular weight excluding hydrogens is 310 g/mol. The molecule has 0 bridgehead atoms. The smallest absolute Gasteiger partial charge is 0.327 e. The van der Waals surface area contributed by atoms with Gasteiger partial charge in [0.05, 0.1) is 12.4 Å². The number of nitrogens with one attached hydrogen (secondary N) is 3. The molecule has 3 atom stereocenters. The topological polar surface area (TPSA) is 150 Å². The predicted molar refractivity (Wildman–Crippen MR) is 81.3 cm³/mol. The van der Waals surface area contributed by atoms with Crippen LogP contribution in [0.25, 0.3) is 0 Å². The van der Waals surface area contributed by atoms with Gasteiger partial charge in [-0.05, 0) is 6.92 Å². The van der Waals surface area contributed by atoms with Crippen LogP contribution in [0.5, 0.6) is 0 Å². The molecule has 9 nitrogen and oxygen atoms in total. The van der Waals surface area contributed by atoms with Crippen LogP contribution in [-0.4, -0.2) is 56.7 Å². The van der Waals surface area contributed by atoms with Crippen molar-refractivity contribution in [1.29, 1.82) is 0 Å². The Morgan fingerprint density at radius 1 is 1.36 bits per heavy atom. The molecule has 0 aliphatic carbocycles. The van der Waals surface area contributed by atoms with Crippen LogP contribution in [0.15, 0.2) is 12.5 Å². The number of aromatic amines is 1. The fraction of sp³-hybridized carbons (Fsp3) is 0.500. The Labute approximate surface area is 132 Å². The number of nitrogens with zero attached hydrogens (tertiary/aromatic N) is 1. The molecule has 3 unspecified atom stereocenters. The number of carbonyl (C=O) groups excluding carboxylic acids is 2. The van der Waals surface area contributed by atoms with Crippen molar-refractivity contribution in [3.8, 4) is 0 Å². The van der Waals surface area contributed by atoms with Gasteiger partial charge in [-0.3, -0.25) is 9.59 Å². The summed E-state index contributed by atoms with van der Waals surface area (Å²) >= 11 is 3.87. The molecule has 0 saturated carbocycles. The maximum absolute atomic E-state index is 12.2. The molecule has 1 aromatic heterocycles. The van der Waals surface area contributed by atoms with Gasteiger partial charge in [-0.2, -0.15) is 12.6 Å². The second-order valence-electron chi connectivity index (χ2n) is 4.71. The molecule has 0 radical (unpaired) electrons. The van der Waals surface area contributed by atoms with E-state index in [-0.39, 0.29) is 12.2 Å². The van der Waals surface area contributed by atoms with Gasteiger partial charge in [-0.15, -0.1) is 0 Å². The molecule has 1 heterocycles. The number of aliphatic carboxylic acids is 1. The van der Waals surface area contributed by atoms with E-state index < -0.39 is 35.9 Å². The number of rotatable bonds is 8. The lowest BCUT2D eigenvalue weighted by Crippen LogP contribution is -2.55. The number of hydrogen-bond donors (Lipinski definition) is 6. The van der Waals surface area contributed by atoms with E-state index in [4.69, 9.17) is 10.8 Å². The van der Waals surface area contributed by atoms with Crippen molar-refractivity contribution in [2.24, 2.45) is 5.73 Å². The molecule has 2 amide bonds. The summed E-state index contributed by atoms with van der Waals surface area (Å²) in [5.41, 5.74) is 6.08. The minimum atomic E-state index is -1.21. The van der Waals surface area contributed by atoms with Gasteiger partial charge < -0.3 is 26.5 Å². The fourth-order valence-electron chi connectivity index (χ4n) is 1.59. The molecule has 22 heavy (non-hydrogen) atoms. The van der Waals surface area contributed by atoms with Gasteiger partial charge in [-0.25, -0.2) is 9.78 Å². The Kier molecular flexibility index (Phi) is 6.86. The number of amides is 2. The number of carboxylic acid groups (broad SMARTS) is 1. The first-order valence-electron chi connectivity index (χ1n) is 6.52. The summed E-state index contributed by atoms with van der Waals surface area (Å²) in [4.78, 5) is 41.5. The van der Waals surface area contributed by atoms with Crippen molar-refractivity contribution >= 4 is 30.4 Å². The van der Waals surface area contributed by atoms with Gasteiger partial charge in [0.25, 0.3) is 0 Å². The summed E-state index contributed by atoms with van der Waals surface area (Å²) in [7, 11) is 0. The number of imidazole rings is 1. The van der Waals surface area contributed by atoms with Gasteiger partial charge >= 0.3 is 5.97 Å². The minimum Gasteiger partial charge on any atom is -0.480 e. The molecule has 0 aliphatic heterocycles. The molecule has 1 rings (SSSR count). The van der Waals surface area contributed by atoms with E-state index in [2.05, 4.69) is 33.2 Å². The van der Waals surface area contributed by atoms with E-state index in [1.807, 2.05) is 0 Å². The van der Waals surface area contributed by atoms with E-state index >= 15 is 0 Å². The standard InChI is InChI=1S/C12H19N5O4S/c1-6(13)10(18)16-8(2-7-3-14-5-15-7)11(19)17-9(4-22)12(20)21/h3,5-6,8-9,22H,2,4,13H2,1H3,(H,14,15)(H,16,18)(H,17,19)(H,20,21). The summed E-state index contributed by atoms with van der Waals surface area (Å²) in [6.45, 7) is 1.48. The Morgan fingerprint density at radius 3 is 2.45 bits per heavy atom. The second kappa shape index (κ2) is 8.39. The van der Waals surface area contributed by atoms with Crippen LogP contribution in [0.1, 0.15) is 12.6 Å². The zero-order valence-electron chi connectivity index (χ0n) is 11.9. The van der Waals surface area contributed by atoms with Crippen LogP contribution >= 0.6 is 12.6 Å². The lowest BCUT2D eigenvalue weighted by molar-refractivity contribution is -0.141. The average molecular weight is 329 g/mol. The van der Waals surface area contributed by atoms with Crippen molar-refractivity contribution in [2.45, 2.75) is 31.5 Å². The van der Waals surface area contributed by atoms with Crippen LogP contribution in [-0.2, 0) is 20.8 Å². The zero-order valence-corrected chi connectivity index (χ0v) is 12.8. The molecule has 0 aliphatic rings. The Hall–Kier alpha value is -2.07. The summed E-state index contributed by atoms with van der Waals surface area (Å²) in [6, 6.07) is -2.91. The molecule has 6 N–H and O–H groups in total. The average Bonchev–Trinajstić information content (AvgIpc) is 2.96. The van der Waals surface area contributed by atoms with Crippen LogP contribution < -0.4 is 16.4 Å². The maximum Gasteiger partial charge on any atom is 0.327 e. The van der Waals surface area contributed by atoms with E-state index in [1.54, 1.807) is 0 Å². The third-order valence-electron chi connectivity index (χ3n) is 2.82. The molecular formula is C12H19N5O4S. The lowest BCUT2D eigenvalue weighted by atomic mass is 10.1. The number of carboxylic acids is 1.